The molecule has 1 aromatic rings. The first-order valence-electron chi connectivity index (χ1n) is 8.33. The van der Waals surface area contributed by atoms with E-state index in [1.807, 2.05) is 24.3 Å². The Labute approximate surface area is 142 Å². The van der Waals surface area contributed by atoms with Gasteiger partial charge in [-0.05, 0) is 25.2 Å². The summed E-state index contributed by atoms with van der Waals surface area (Å²) in [5, 5.41) is 3.24. The molecule has 1 aliphatic heterocycles. The molecule has 5 nitrogen and oxygen atoms in total. The predicted octanol–water partition coefficient (Wildman–Crippen LogP) is 3.17. The number of fused-ring (bicyclic) bond motifs is 1. The molecule has 3 fully saturated rings. The first-order chi connectivity index (χ1) is 11.9. The zero-order chi connectivity index (χ0) is 17.2. The van der Waals surface area contributed by atoms with Crippen molar-refractivity contribution in [2.45, 2.75) is 43.1 Å². The van der Waals surface area contributed by atoms with Gasteiger partial charge in [0.25, 0.3) is 0 Å². The average Bonchev–Trinajstić information content (AvgIpc) is 2.92. The van der Waals surface area contributed by atoms with Crippen molar-refractivity contribution in [2.24, 2.45) is 10.9 Å². The van der Waals surface area contributed by atoms with Gasteiger partial charge in [0.15, 0.2) is 5.82 Å². The van der Waals surface area contributed by atoms with E-state index in [1.54, 1.807) is 0 Å². The Morgan fingerprint density at radius 3 is 2.60 bits per heavy atom. The van der Waals surface area contributed by atoms with Crippen LogP contribution in [0.3, 0.4) is 0 Å². The van der Waals surface area contributed by atoms with Gasteiger partial charge in [-0.1, -0.05) is 24.3 Å². The maximum absolute atomic E-state index is 13.5. The van der Waals surface area contributed by atoms with Crippen molar-refractivity contribution in [3.63, 3.8) is 0 Å². The molecular formula is C17H16F3N5. The van der Waals surface area contributed by atoms with Gasteiger partial charge in [-0.2, -0.15) is 18.2 Å². The molecular weight excluding hydrogens is 331 g/mol. The molecule has 2 heterocycles. The van der Waals surface area contributed by atoms with Crippen molar-refractivity contribution in [3.05, 3.63) is 36.1 Å². The standard InChI is InChI=1S/C17H16F3N5/c18-17(19,20)11-8-21-15(24-16-5-10(6-16)7-16)23-14(11)25-9-22-12-3-1-2-4-13(12)25/h1-4,8-10,12-13H,5-7H2,(H,21,23,24). The van der Waals surface area contributed by atoms with E-state index < -0.39 is 11.7 Å². The first kappa shape index (κ1) is 14.9. The topological polar surface area (TPSA) is 53.4 Å². The number of anilines is 2. The third kappa shape index (κ3) is 2.26. The second kappa shape index (κ2) is 4.83. The van der Waals surface area contributed by atoms with E-state index >= 15 is 0 Å². The van der Waals surface area contributed by atoms with E-state index in [0.717, 1.165) is 31.4 Å². The highest BCUT2D eigenvalue weighted by Crippen LogP contribution is 2.58. The maximum Gasteiger partial charge on any atom is 0.421 e. The van der Waals surface area contributed by atoms with Gasteiger partial charge in [0.05, 0.1) is 18.4 Å². The summed E-state index contributed by atoms with van der Waals surface area (Å²) in [6.07, 6.45) is 8.33. The van der Waals surface area contributed by atoms with Crippen LogP contribution in [0.15, 0.2) is 35.5 Å². The van der Waals surface area contributed by atoms with Gasteiger partial charge >= 0.3 is 6.18 Å². The van der Waals surface area contributed by atoms with Gasteiger partial charge in [-0.25, -0.2) is 4.98 Å². The number of aliphatic imine (C=N–C) groups is 1. The molecule has 3 saturated carbocycles. The van der Waals surface area contributed by atoms with Crippen LogP contribution in [-0.2, 0) is 6.18 Å². The number of alkyl halides is 3. The van der Waals surface area contributed by atoms with E-state index in [0.29, 0.717) is 0 Å². The van der Waals surface area contributed by atoms with Crippen LogP contribution < -0.4 is 10.2 Å². The number of halogens is 3. The smallest absolute Gasteiger partial charge is 0.349 e. The van der Waals surface area contributed by atoms with Crippen LogP contribution in [0.25, 0.3) is 0 Å². The van der Waals surface area contributed by atoms with Crippen LogP contribution in [-0.4, -0.2) is 33.9 Å². The molecule has 4 aliphatic carbocycles. The first-order valence-corrected chi connectivity index (χ1v) is 8.33. The number of nitrogens with one attached hydrogen (secondary N) is 1. The number of hydrogen-bond donors (Lipinski definition) is 1. The van der Waals surface area contributed by atoms with Crippen molar-refractivity contribution in [2.75, 3.05) is 10.2 Å². The molecule has 2 atom stereocenters. The van der Waals surface area contributed by atoms with E-state index in [-0.39, 0.29) is 29.4 Å². The molecule has 2 bridgehead atoms. The van der Waals surface area contributed by atoms with Crippen LogP contribution in [0.5, 0.6) is 0 Å². The van der Waals surface area contributed by atoms with Crippen molar-refractivity contribution in [1.82, 2.24) is 9.97 Å². The minimum atomic E-state index is -4.52. The highest BCUT2D eigenvalue weighted by molar-refractivity contribution is 5.84. The fourth-order valence-electron chi connectivity index (χ4n) is 4.10. The maximum atomic E-state index is 13.5. The Balaban J connectivity index is 1.52. The second-order valence-corrected chi connectivity index (χ2v) is 7.24. The quantitative estimate of drug-likeness (QED) is 0.913. The lowest BCUT2D eigenvalue weighted by Gasteiger charge is -2.61. The normalized spacial score (nSPS) is 34.5. The Hall–Kier alpha value is -2.38. The molecule has 1 N–H and O–H groups in total. The molecule has 0 radical (unpaired) electrons. The van der Waals surface area contributed by atoms with Crippen molar-refractivity contribution in [3.8, 4) is 0 Å². The third-order valence-corrected chi connectivity index (χ3v) is 5.50. The molecule has 130 valence electrons. The van der Waals surface area contributed by atoms with E-state index in [4.69, 9.17) is 0 Å². The van der Waals surface area contributed by atoms with Crippen molar-refractivity contribution < 1.29 is 13.2 Å². The van der Waals surface area contributed by atoms with Crippen LogP contribution in [0.4, 0.5) is 24.9 Å². The average molecular weight is 347 g/mol. The Morgan fingerprint density at radius 1 is 1.16 bits per heavy atom. The SMILES string of the molecule is FC(F)(F)c1cnc(NC23CC(C2)C3)nc1N1C=NC2C=CC=CC21. The highest BCUT2D eigenvalue weighted by Gasteiger charge is 2.57. The molecule has 0 aromatic carbocycles. The Bertz CT molecular complexity index is 796. The molecule has 6 rings (SSSR count). The molecule has 1 aromatic heterocycles. The largest absolute Gasteiger partial charge is 0.421 e. The minimum Gasteiger partial charge on any atom is -0.349 e. The zero-order valence-electron chi connectivity index (χ0n) is 13.2. The van der Waals surface area contributed by atoms with Crippen LogP contribution in [0, 0.1) is 5.92 Å². The van der Waals surface area contributed by atoms with Gasteiger partial charge in [-0.15, -0.1) is 0 Å². The van der Waals surface area contributed by atoms with Gasteiger partial charge in [0.2, 0.25) is 5.95 Å². The summed E-state index contributed by atoms with van der Waals surface area (Å²) in [6.45, 7) is 0. The zero-order valence-corrected chi connectivity index (χ0v) is 13.2. The van der Waals surface area contributed by atoms with Gasteiger partial charge in [-0.3, -0.25) is 4.99 Å². The lowest BCUT2D eigenvalue weighted by Crippen LogP contribution is -2.63. The molecule has 0 saturated heterocycles. The Kier molecular flexibility index (Phi) is 2.88. The monoisotopic (exact) mass is 347 g/mol. The van der Waals surface area contributed by atoms with E-state index in [2.05, 4.69) is 20.3 Å². The number of rotatable bonds is 3. The van der Waals surface area contributed by atoms with Crippen molar-refractivity contribution >= 4 is 18.1 Å². The summed E-state index contributed by atoms with van der Waals surface area (Å²) in [5.74, 6) is 0.869. The summed E-state index contributed by atoms with van der Waals surface area (Å²) < 4.78 is 40.4. The second-order valence-electron chi connectivity index (χ2n) is 7.24. The number of allylic oxidation sites excluding steroid dienone is 2. The van der Waals surface area contributed by atoms with E-state index in [9.17, 15) is 13.2 Å². The summed E-state index contributed by atoms with van der Waals surface area (Å²) in [5.41, 5.74) is -0.845. The third-order valence-electron chi connectivity index (χ3n) is 5.50. The van der Waals surface area contributed by atoms with Crippen LogP contribution in [0.2, 0.25) is 0 Å². The number of hydrogen-bond acceptors (Lipinski definition) is 5. The Morgan fingerprint density at radius 2 is 1.92 bits per heavy atom. The number of nitrogens with zero attached hydrogens (tertiary/aromatic N) is 4. The minimum absolute atomic E-state index is 0.00318. The van der Waals surface area contributed by atoms with Gasteiger partial charge < -0.3 is 10.2 Å². The fourth-order valence-corrected chi connectivity index (χ4v) is 4.10. The molecule has 0 spiro atoms. The summed E-state index contributed by atoms with van der Waals surface area (Å²) >= 11 is 0. The molecule has 0 amide bonds. The molecule has 5 aliphatic rings. The molecule has 8 heteroatoms. The highest BCUT2D eigenvalue weighted by atomic mass is 19.4. The fraction of sp³-hybridized carbons (Fsp3) is 0.471. The molecule has 2 unspecified atom stereocenters. The lowest BCUT2D eigenvalue weighted by molar-refractivity contribution is -0.137. The van der Waals surface area contributed by atoms with Gasteiger partial charge in [0.1, 0.15) is 5.56 Å². The van der Waals surface area contributed by atoms with Crippen LogP contribution in [0.1, 0.15) is 24.8 Å². The predicted molar refractivity (Wildman–Crippen MR) is 87.6 cm³/mol. The summed E-state index contributed by atoms with van der Waals surface area (Å²) in [6, 6.07) is -0.473. The summed E-state index contributed by atoms with van der Waals surface area (Å²) in [7, 11) is 0. The van der Waals surface area contributed by atoms with Gasteiger partial charge in [0, 0.05) is 11.7 Å². The lowest BCUT2D eigenvalue weighted by atomic mass is 9.50. The molecule has 25 heavy (non-hydrogen) atoms. The number of aromatic nitrogens is 2. The van der Waals surface area contributed by atoms with E-state index in [1.165, 1.54) is 11.2 Å². The van der Waals surface area contributed by atoms with Crippen LogP contribution >= 0.6 is 0 Å². The summed E-state index contributed by atoms with van der Waals surface area (Å²) in [4.78, 5) is 13.9. The van der Waals surface area contributed by atoms with Crippen molar-refractivity contribution in [1.29, 1.82) is 0 Å².